The molecule has 2 rings (SSSR count). The highest BCUT2D eigenvalue weighted by Crippen LogP contribution is 2.18. The second-order valence-corrected chi connectivity index (χ2v) is 3.03. The van der Waals surface area contributed by atoms with Gasteiger partial charge in [0.2, 0.25) is 0 Å². The molecule has 1 aromatic rings. The minimum atomic E-state index is -0.487. The fraction of sp³-hybridized carbons (Fsp3) is 0.375. The van der Waals surface area contributed by atoms with Gasteiger partial charge in [0, 0.05) is 13.1 Å². The summed E-state index contributed by atoms with van der Waals surface area (Å²) in [7, 11) is 0. The van der Waals surface area contributed by atoms with Crippen LogP contribution in [0.1, 0.15) is 0 Å². The zero-order valence-electron chi connectivity index (χ0n) is 7.75. The van der Waals surface area contributed by atoms with Gasteiger partial charge in [0.25, 0.3) is 5.69 Å². The molecule has 1 N–H and O–H groups in total. The lowest BCUT2D eigenvalue weighted by Gasteiger charge is -2.27. The van der Waals surface area contributed by atoms with Crippen LogP contribution >= 0.6 is 12.4 Å². The van der Waals surface area contributed by atoms with Gasteiger partial charge in [0.1, 0.15) is 18.1 Å². The van der Waals surface area contributed by atoms with Crippen molar-refractivity contribution in [1.29, 1.82) is 0 Å². The number of hydrogen-bond donors (Lipinski definition) is 1. The van der Waals surface area contributed by atoms with E-state index in [0.29, 0.717) is 5.75 Å². The van der Waals surface area contributed by atoms with Crippen molar-refractivity contribution in [2.45, 2.75) is 6.10 Å². The number of hydrogen-bond acceptors (Lipinski definition) is 5. The Morgan fingerprint density at radius 2 is 2.27 bits per heavy atom. The second kappa shape index (κ2) is 4.90. The summed E-state index contributed by atoms with van der Waals surface area (Å²) in [6, 6.07) is 1.38. The molecular formula is C8H10ClN3O3. The van der Waals surface area contributed by atoms with Crippen LogP contribution in [0.2, 0.25) is 0 Å². The molecule has 0 amide bonds. The van der Waals surface area contributed by atoms with E-state index < -0.39 is 4.92 Å². The molecule has 0 saturated carbocycles. The van der Waals surface area contributed by atoms with Crippen LogP contribution < -0.4 is 10.1 Å². The van der Waals surface area contributed by atoms with Crippen LogP contribution in [0.4, 0.5) is 5.69 Å². The van der Waals surface area contributed by atoms with Gasteiger partial charge in [0.15, 0.2) is 0 Å². The molecule has 82 valence electrons. The average Bonchev–Trinajstić information content (AvgIpc) is 2.12. The van der Waals surface area contributed by atoms with Gasteiger partial charge in [-0.2, -0.15) is 0 Å². The standard InChI is InChI=1S/C8H9N3O3.ClH/c12-11(13)6-1-7(3-9-2-6)14-8-4-10-5-8;/h1-3,8,10H,4-5H2;1H. The predicted molar refractivity (Wildman–Crippen MR) is 55.4 cm³/mol. The van der Waals surface area contributed by atoms with Gasteiger partial charge >= 0.3 is 0 Å². The van der Waals surface area contributed by atoms with Gasteiger partial charge in [0.05, 0.1) is 17.2 Å². The first kappa shape index (κ1) is 11.7. The normalized spacial score (nSPS) is 14.9. The number of nitrogens with one attached hydrogen (secondary N) is 1. The number of ether oxygens (including phenoxy) is 1. The van der Waals surface area contributed by atoms with Crippen molar-refractivity contribution in [2.24, 2.45) is 0 Å². The number of pyridine rings is 1. The minimum Gasteiger partial charge on any atom is -0.486 e. The summed E-state index contributed by atoms with van der Waals surface area (Å²) in [6.07, 6.45) is 2.79. The molecule has 0 atom stereocenters. The van der Waals surface area contributed by atoms with E-state index in [1.807, 2.05) is 0 Å². The Balaban J connectivity index is 0.00000112. The molecule has 0 spiro atoms. The Labute approximate surface area is 92.2 Å². The maximum Gasteiger partial charge on any atom is 0.291 e. The molecular weight excluding hydrogens is 222 g/mol. The Hall–Kier alpha value is -1.40. The van der Waals surface area contributed by atoms with Crippen molar-refractivity contribution < 1.29 is 9.66 Å². The van der Waals surface area contributed by atoms with Crippen LogP contribution in [-0.2, 0) is 0 Å². The van der Waals surface area contributed by atoms with E-state index in [9.17, 15) is 10.1 Å². The van der Waals surface area contributed by atoms with Crippen LogP contribution in [0.5, 0.6) is 5.75 Å². The van der Waals surface area contributed by atoms with E-state index in [2.05, 4.69) is 10.3 Å². The van der Waals surface area contributed by atoms with Gasteiger partial charge in [-0.1, -0.05) is 0 Å². The fourth-order valence-corrected chi connectivity index (χ4v) is 1.11. The number of aromatic nitrogens is 1. The summed E-state index contributed by atoms with van der Waals surface area (Å²) in [6.45, 7) is 1.56. The molecule has 0 aromatic carbocycles. The van der Waals surface area contributed by atoms with Crippen molar-refractivity contribution in [3.05, 3.63) is 28.6 Å². The monoisotopic (exact) mass is 231 g/mol. The Morgan fingerprint density at radius 3 is 2.80 bits per heavy atom. The maximum absolute atomic E-state index is 10.4. The van der Waals surface area contributed by atoms with E-state index in [0.717, 1.165) is 13.1 Å². The number of halogens is 1. The van der Waals surface area contributed by atoms with E-state index in [4.69, 9.17) is 4.74 Å². The van der Waals surface area contributed by atoms with Crippen LogP contribution in [0.15, 0.2) is 18.5 Å². The summed E-state index contributed by atoms with van der Waals surface area (Å²) in [5.41, 5.74) is -0.0465. The number of nitrogens with zero attached hydrogens (tertiary/aromatic N) is 2. The number of rotatable bonds is 3. The smallest absolute Gasteiger partial charge is 0.291 e. The Kier molecular flexibility index (Phi) is 3.81. The first-order valence-electron chi connectivity index (χ1n) is 4.22. The number of nitro groups is 1. The molecule has 0 radical (unpaired) electrons. The molecule has 6 nitrogen and oxygen atoms in total. The third-order valence-electron chi connectivity index (χ3n) is 1.96. The SMILES string of the molecule is Cl.O=[N+]([O-])c1cncc(OC2CNC2)c1. The third kappa shape index (κ3) is 2.77. The summed E-state index contributed by atoms with van der Waals surface area (Å²) < 4.78 is 5.41. The molecule has 15 heavy (non-hydrogen) atoms. The molecule has 1 saturated heterocycles. The van der Waals surface area contributed by atoms with E-state index in [1.54, 1.807) is 0 Å². The van der Waals surface area contributed by atoms with E-state index in [1.165, 1.54) is 18.5 Å². The van der Waals surface area contributed by atoms with Crippen LogP contribution in [0, 0.1) is 10.1 Å². The van der Waals surface area contributed by atoms with Crippen molar-refractivity contribution >= 4 is 18.1 Å². The Morgan fingerprint density at radius 1 is 1.53 bits per heavy atom. The minimum absolute atomic E-state index is 0. The average molecular weight is 232 g/mol. The highest BCUT2D eigenvalue weighted by atomic mass is 35.5. The molecule has 0 unspecified atom stereocenters. The topological polar surface area (TPSA) is 77.3 Å². The quantitative estimate of drug-likeness (QED) is 0.614. The van der Waals surface area contributed by atoms with Gasteiger partial charge in [-0.05, 0) is 0 Å². The Bertz CT molecular complexity index is 357. The van der Waals surface area contributed by atoms with Crippen LogP contribution in [0.25, 0.3) is 0 Å². The second-order valence-electron chi connectivity index (χ2n) is 3.03. The van der Waals surface area contributed by atoms with E-state index in [-0.39, 0.29) is 24.2 Å². The summed E-state index contributed by atoms with van der Waals surface area (Å²) in [5.74, 6) is 0.450. The van der Waals surface area contributed by atoms with Crippen molar-refractivity contribution in [2.75, 3.05) is 13.1 Å². The third-order valence-corrected chi connectivity index (χ3v) is 1.96. The van der Waals surface area contributed by atoms with Crippen molar-refractivity contribution in [1.82, 2.24) is 10.3 Å². The van der Waals surface area contributed by atoms with Crippen LogP contribution in [-0.4, -0.2) is 29.1 Å². The van der Waals surface area contributed by atoms with Gasteiger partial charge in [-0.3, -0.25) is 15.1 Å². The summed E-state index contributed by atoms with van der Waals surface area (Å²) in [5, 5.41) is 13.5. The molecule has 1 fully saturated rings. The fourth-order valence-electron chi connectivity index (χ4n) is 1.11. The van der Waals surface area contributed by atoms with Gasteiger partial charge in [-0.15, -0.1) is 12.4 Å². The van der Waals surface area contributed by atoms with E-state index >= 15 is 0 Å². The first-order valence-corrected chi connectivity index (χ1v) is 4.22. The maximum atomic E-state index is 10.4. The molecule has 1 aromatic heterocycles. The summed E-state index contributed by atoms with van der Waals surface area (Å²) in [4.78, 5) is 13.7. The lowest BCUT2D eigenvalue weighted by atomic mass is 10.2. The predicted octanol–water partition coefficient (Wildman–Crippen LogP) is 0.762. The molecule has 1 aliphatic heterocycles. The highest BCUT2D eigenvalue weighted by molar-refractivity contribution is 5.85. The molecule has 0 bridgehead atoms. The lowest BCUT2D eigenvalue weighted by molar-refractivity contribution is -0.385. The highest BCUT2D eigenvalue weighted by Gasteiger charge is 2.19. The van der Waals surface area contributed by atoms with Gasteiger partial charge < -0.3 is 10.1 Å². The summed E-state index contributed by atoms with van der Waals surface area (Å²) >= 11 is 0. The van der Waals surface area contributed by atoms with Gasteiger partial charge in [-0.25, -0.2) is 0 Å². The van der Waals surface area contributed by atoms with Crippen molar-refractivity contribution in [3.63, 3.8) is 0 Å². The first-order chi connectivity index (χ1) is 6.75. The van der Waals surface area contributed by atoms with Crippen molar-refractivity contribution in [3.8, 4) is 5.75 Å². The largest absolute Gasteiger partial charge is 0.486 e. The zero-order chi connectivity index (χ0) is 9.97. The molecule has 1 aliphatic rings. The van der Waals surface area contributed by atoms with Crippen LogP contribution in [0.3, 0.4) is 0 Å². The molecule has 7 heteroatoms. The lowest BCUT2D eigenvalue weighted by Crippen LogP contribution is -2.50. The molecule has 0 aliphatic carbocycles. The molecule has 2 heterocycles. The zero-order valence-corrected chi connectivity index (χ0v) is 8.57.